The highest BCUT2D eigenvalue weighted by molar-refractivity contribution is 5.82. The minimum Gasteiger partial charge on any atom is -0.356 e. The van der Waals surface area contributed by atoms with Gasteiger partial charge in [-0.05, 0) is 48.8 Å². The van der Waals surface area contributed by atoms with Gasteiger partial charge in [-0.3, -0.25) is 4.79 Å². The third kappa shape index (κ3) is 2.92. The molecule has 1 atom stereocenters. The number of rotatable bonds is 4. The Balaban J connectivity index is 1.44. The molecular weight excluding hydrogens is 279 g/mol. The molecule has 1 spiro atoms. The molecule has 0 bridgehead atoms. The molecule has 2 aliphatic rings. The van der Waals surface area contributed by atoms with Crippen molar-refractivity contribution in [1.82, 2.24) is 5.32 Å². The molecule has 2 aliphatic carbocycles. The van der Waals surface area contributed by atoms with E-state index in [1.54, 1.807) is 0 Å². The van der Waals surface area contributed by atoms with Crippen LogP contribution in [0.1, 0.15) is 36.8 Å². The highest BCUT2D eigenvalue weighted by Gasteiger charge is 2.60. The van der Waals surface area contributed by atoms with Crippen LogP contribution in [0.2, 0.25) is 0 Å². The number of carbonyl (C=O) groups excluding carboxylic acids is 1. The summed E-state index contributed by atoms with van der Waals surface area (Å²) in [7, 11) is 0. The van der Waals surface area contributed by atoms with Gasteiger partial charge in [-0.2, -0.15) is 13.2 Å². The fraction of sp³-hybridized carbons (Fsp3) is 0.562. The third-order valence-corrected chi connectivity index (χ3v) is 4.85. The summed E-state index contributed by atoms with van der Waals surface area (Å²) in [6.07, 6.45) is 0.849. The minimum absolute atomic E-state index is 0.113. The molecule has 3 rings (SSSR count). The van der Waals surface area contributed by atoms with E-state index in [9.17, 15) is 18.0 Å². The van der Waals surface area contributed by atoms with Crippen molar-refractivity contribution in [3.05, 3.63) is 35.4 Å². The lowest BCUT2D eigenvalue weighted by Gasteiger charge is -2.26. The van der Waals surface area contributed by atoms with Crippen molar-refractivity contribution in [1.29, 1.82) is 0 Å². The second kappa shape index (κ2) is 5.04. The summed E-state index contributed by atoms with van der Waals surface area (Å²) in [6, 6.07) is 5.11. The lowest BCUT2D eigenvalue weighted by molar-refractivity contribution is -0.137. The summed E-state index contributed by atoms with van der Waals surface area (Å²) in [5, 5.41) is 2.90. The van der Waals surface area contributed by atoms with E-state index in [4.69, 9.17) is 0 Å². The molecule has 0 radical (unpaired) electrons. The molecule has 2 nitrogen and oxygen atoms in total. The molecule has 0 aromatic heterocycles. The van der Waals surface area contributed by atoms with Crippen LogP contribution in [0, 0.1) is 11.3 Å². The van der Waals surface area contributed by atoms with Crippen LogP contribution >= 0.6 is 0 Å². The molecule has 0 heterocycles. The smallest absolute Gasteiger partial charge is 0.356 e. The van der Waals surface area contributed by atoms with Gasteiger partial charge >= 0.3 is 6.18 Å². The van der Waals surface area contributed by atoms with Crippen molar-refractivity contribution in [2.45, 2.75) is 38.3 Å². The maximum Gasteiger partial charge on any atom is 0.416 e. The van der Waals surface area contributed by atoms with Gasteiger partial charge in [0.2, 0.25) is 5.91 Å². The van der Waals surface area contributed by atoms with Gasteiger partial charge in [0.1, 0.15) is 0 Å². The van der Waals surface area contributed by atoms with Crippen LogP contribution in [0.4, 0.5) is 13.2 Å². The normalized spacial score (nSPS) is 22.7. The molecular formula is C16H18F3NO. The van der Waals surface area contributed by atoms with Crippen molar-refractivity contribution >= 4 is 5.91 Å². The van der Waals surface area contributed by atoms with E-state index in [2.05, 4.69) is 5.32 Å². The fourth-order valence-electron chi connectivity index (χ4n) is 3.22. The van der Waals surface area contributed by atoms with Crippen molar-refractivity contribution in [3.8, 4) is 0 Å². The molecule has 0 saturated heterocycles. The molecule has 1 amide bonds. The van der Waals surface area contributed by atoms with Crippen molar-refractivity contribution < 1.29 is 18.0 Å². The first-order valence-electron chi connectivity index (χ1n) is 7.35. The summed E-state index contributed by atoms with van der Waals surface area (Å²) in [4.78, 5) is 11.9. The van der Waals surface area contributed by atoms with E-state index in [1.165, 1.54) is 31.4 Å². The molecule has 1 aromatic rings. The summed E-state index contributed by atoms with van der Waals surface area (Å²) < 4.78 is 37.3. The Labute approximate surface area is 121 Å². The highest BCUT2D eigenvalue weighted by Crippen LogP contribution is 2.65. The van der Waals surface area contributed by atoms with Crippen molar-refractivity contribution in [2.75, 3.05) is 6.54 Å². The van der Waals surface area contributed by atoms with Crippen LogP contribution < -0.4 is 5.32 Å². The van der Waals surface area contributed by atoms with Crippen LogP contribution in [0.5, 0.6) is 0 Å². The van der Waals surface area contributed by atoms with Crippen LogP contribution in [-0.4, -0.2) is 12.5 Å². The standard InChI is InChI=1S/C16H18F3NO/c17-16(18,19)12-4-2-11(3-5-12)6-9-20-14(21)13-10-15(13)7-1-8-15/h2-5,13H,1,6-10H2,(H,20,21). The maximum atomic E-state index is 12.4. The van der Waals surface area contributed by atoms with E-state index < -0.39 is 11.7 Å². The zero-order chi connectivity index (χ0) is 15.1. The minimum atomic E-state index is -4.30. The van der Waals surface area contributed by atoms with Crippen LogP contribution in [0.3, 0.4) is 0 Å². The van der Waals surface area contributed by atoms with Gasteiger partial charge in [0.15, 0.2) is 0 Å². The van der Waals surface area contributed by atoms with Gasteiger partial charge < -0.3 is 5.32 Å². The van der Waals surface area contributed by atoms with Gasteiger partial charge in [-0.25, -0.2) is 0 Å². The number of carbonyl (C=O) groups is 1. The Morgan fingerprint density at radius 3 is 2.38 bits per heavy atom. The topological polar surface area (TPSA) is 29.1 Å². The summed E-state index contributed by atoms with van der Waals surface area (Å²) in [5.74, 6) is 0.292. The Hall–Kier alpha value is -1.52. The van der Waals surface area contributed by atoms with E-state index >= 15 is 0 Å². The number of nitrogens with one attached hydrogen (secondary N) is 1. The lowest BCUT2D eigenvalue weighted by atomic mass is 9.80. The first-order chi connectivity index (χ1) is 9.91. The van der Waals surface area contributed by atoms with Gasteiger partial charge in [0.25, 0.3) is 0 Å². The van der Waals surface area contributed by atoms with Crippen LogP contribution in [-0.2, 0) is 17.4 Å². The fourth-order valence-corrected chi connectivity index (χ4v) is 3.22. The number of amides is 1. The Morgan fingerprint density at radius 1 is 1.24 bits per heavy atom. The summed E-state index contributed by atoms with van der Waals surface area (Å²) >= 11 is 0. The SMILES string of the molecule is O=C(NCCc1ccc(C(F)(F)F)cc1)C1CC12CCC2. The first-order valence-corrected chi connectivity index (χ1v) is 7.35. The molecule has 0 aliphatic heterocycles. The number of hydrogen-bond donors (Lipinski definition) is 1. The molecule has 2 fully saturated rings. The predicted molar refractivity (Wildman–Crippen MR) is 72.5 cm³/mol. The van der Waals surface area contributed by atoms with Crippen LogP contribution in [0.25, 0.3) is 0 Å². The van der Waals surface area contributed by atoms with E-state index in [-0.39, 0.29) is 11.8 Å². The number of benzene rings is 1. The van der Waals surface area contributed by atoms with Gasteiger partial charge in [0.05, 0.1) is 5.56 Å². The predicted octanol–water partition coefficient (Wildman–Crippen LogP) is 3.55. The average Bonchev–Trinajstić information content (AvgIpc) is 3.14. The monoisotopic (exact) mass is 297 g/mol. The van der Waals surface area contributed by atoms with E-state index in [0.717, 1.165) is 24.1 Å². The highest BCUT2D eigenvalue weighted by atomic mass is 19.4. The quantitative estimate of drug-likeness (QED) is 0.904. The second-order valence-corrected chi connectivity index (χ2v) is 6.21. The average molecular weight is 297 g/mol. The van der Waals surface area contributed by atoms with E-state index in [0.29, 0.717) is 18.4 Å². The Bertz CT molecular complexity index is 531. The summed E-state index contributed by atoms with van der Waals surface area (Å²) in [6.45, 7) is 0.483. The zero-order valence-electron chi connectivity index (χ0n) is 11.7. The molecule has 1 aromatic carbocycles. The number of hydrogen-bond acceptors (Lipinski definition) is 1. The first kappa shape index (κ1) is 14.4. The Morgan fingerprint density at radius 2 is 1.90 bits per heavy atom. The van der Waals surface area contributed by atoms with E-state index in [1.807, 2.05) is 0 Å². The third-order valence-electron chi connectivity index (χ3n) is 4.85. The Kier molecular flexibility index (Phi) is 3.46. The maximum absolute atomic E-state index is 12.4. The van der Waals surface area contributed by atoms with Crippen molar-refractivity contribution in [3.63, 3.8) is 0 Å². The zero-order valence-corrected chi connectivity index (χ0v) is 11.7. The summed E-state index contributed by atoms with van der Waals surface area (Å²) in [5.41, 5.74) is 0.482. The molecule has 5 heteroatoms. The molecule has 1 unspecified atom stereocenters. The molecule has 2 saturated carbocycles. The lowest BCUT2D eigenvalue weighted by Crippen LogP contribution is -2.30. The number of alkyl halides is 3. The molecule has 1 N–H and O–H groups in total. The van der Waals surface area contributed by atoms with Crippen molar-refractivity contribution in [2.24, 2.45) is 11.3 Å². The van der Waals surface area contributed by atoms with Gasteiger partial charge in [-0.15, -0.1) is 0 Å². The van der Waals surface area contributed by atoms with Gasteiger partial charge in [0, 0.05) is 12.5 Å². The molecule has 114 valence electrons. The van der Waals surface area contributed by atoms with Gasteiger partial charge in [-0.1, -0.05) is 18.6 Å². The second-order valence-electron chi connectivity index (χ2n) is 6.21. The largest absolute Gasteiger partial charge is 0.416 e. The molecule has 21 heavy (non-hydrogen) atoms. The van der Waals surface area contributed by atoms with Crippen LogP contribution in [0.15, 0.2) is 24.3 Å². The number of halogens is 3.